The number of nitrogens with one attached hydrogen (secondary N) is 2. The second-order valence-electron chi connectivity index (χ2n) is 15.1. The van der Waals surface area contributed by atoms with Crippen molar-refractivity contribution in [1.82, 2.24) is 29.9 Å². The lowest BCUT2D eigenvalue weighted by Crippen LogP contribution is -2.56. The van der Waals surface area contributed by atoms with Gasteiger partial charge in [-0.15, -0.1) is 0 Å². The first-order valence-corrected chi connectivity index (χ1v) is 20.0. The number of methoxy groups -OCH3 is 2. The average molecular weight is 860 g/mol. The number of H-pyrrole nitrogens is 2. The number of alkyl halides is 2. The van der Waals surface area contributed by atoms with E-state index in [4.69, 9.17) is 42.4 Å². The van der Waals surface area contributed by atoms with E-state index in [1.165, 1.54) is 4.90 Å². The van der Waals surface area contributed by atoms with Gasteiger partial charge in [0, 0.05) is 93.2 Å². The van der Waals surface area contributed by atoms with E-state index in [1.54, 1.807) is 69.6 Å². The predicted molar refractivity (Wildman–Crippen MR) is 231 cm³/mol. The third kappa shape index (κ3) is 7.21. The van der Waals surface area contributed by atoms with Gasteiger partial charge in [0.2, 0.25) is 0 Å². The quantitative estimate of drug-likeness (QED) is 0.128. The van der Waals surface area contributed by atoms with Crippen molar-refractivity contribution >= 4 is 62.6 Å². The Morgan fingerprint density at radius 1 is 0.705 bits per heavy atom. The molecule has 0 aliphatic carbocycles. The molecule has 2 saturated heterocycles. The van der Waals surface area contributed by atoms with Crippen LogP contribution in [-0.4, -0.2) is 82.2 Å². The van der Waals surface area contributed by atoms with E-state index >= 15 is 0 Å². The van der Waals surface area contributed by atoms with E-state index in [0.29, 0.717) is 79.5 Å². The number of aromatic amines is 2. The summed E-state index contributed by atoms with van der Waals surface area (Å²) in [5.41, 5.74) is 7.44. The molecule has 2 N–H and O–H groups in total. The van der Waals surface area contributed by atoms with Crippen LogP contribution < -0.4 is 24.0 Å². The molecule has 0 unspecified atom stereocenters. The summed E-state index contributed by atoms with van der Waals surface area (Å²) in [6.45, 7) is 0.0225. The summed E-state index contributed by atoms with van der Waals surface area (Å²) in [5.74, 6) is -0.929. The molecule has 16 heteroatoms. The zero-order chi connectivity index (χ0) is 42.0. The number of rotatable bonds is 10. The third-order valence-electron chi connectivity index (χ3n) is 11.1. The number of ether oxygens (including phenoxy) is 3. The van der Waals surface area contributed by atoms with Gasteiger partial charge in [-0.3, -0.25) is 14.8 Å². The van der Waals surface area contributed by atoms with Crippen LogP contribution >= 0.6 is 23.2 Å². The molecule has 2 aliphatic rings. The van der Waals surface area contributed by atoms with Gasteiger partial charge in [0.15, 0.2) is 5.75 Å². The van der Waals surface area contributed by atoms with E-state index < -0.39 is 30.9 Å². The zero-order valence-electron chi connectivity index (χ0n) is 32.5. The lowest BCUT2D eigenvalue weighted by Gasteiger charge is -2.39. The first-order chi connectivity index (χ1) is 29.5. The van der Waals surface area contributed by atoms with Crippen molar-refractivity contribution in [3.8, 4) is 62.0 Å². The molecule has 6 aromatic heterocycles. The summed E-state index contributed by atoms with van der Waals surface area (Å²) < 4.78 is 44.2. The molecule has 10 rings (SSSR count). The minimum absolute atomic E-state index is 0.298. The van der Waals surface area contributed by atoms with E-state index in [1.807, 2.05) is 47.4 Å². The molecule has 0 amide bonds. The number of nitrogens with zero attached hydrogens (tertiary/aromatic N) is 6. The number of aromatic nitrogens is 6. The smallest absolute Gasteiger partial charge is 0.318 e. The molecule has 0 spiro atoms. The van der Waals surface area contributed by atoms with Crippen molar-refractivity contribution in [2.24, 2.45) is 5.92 Å². The van der Waals surface area contributed by atoms with Gasteiger partial charge in [-0.1, -0.05) is 23.2 Å². The normalized spacial score (nSPS) is 14.9. The summed E-state index contributed by atoms with van der Waals surface area (Å²) in [4.78, 5) is 42.0. The number of carbonyl (C=O) groups excluding carboxylic acids is 1. The summed E-state index contributed by atoms with van der Waals surface area (Å²) in [7, 11) is 3.16. The van der Waals surface area contributed by atoms with Crippen LogP contribution in [0.1, 0.15) is 0 Å². The van der Waals surface area contributed by atoms with E-state index in [9.17, 15) is 13.6 Å². The second kappa shape index (κ2) is 15.0. The number of hydrogen-bond acceptors (Lipinski definition) is 10. The number of benzene rings is 2. The molecule has 306 valence electrons. The van der Waals surface area contributed by atoms with Crippen molar-refractivity contribution in [2.45, 2.75) is 5.92 Å². The lowest BCUT2D eigenvalue weighted by atomic mass is 10.00. The molecule has 61 heavy (non-hydrogen) atoms. The highest BCUT2D eigenvalue weighted by Crippen LogP contribution is 2.43. The fraction of sp³-hybridized carbons (Fsp3) is 0.178. The fourth-order valence-electron chi connectivity index (χ4n) is 7.73. The van der Waals surface area contributed by atoms with Crippen molar-refractivity contribution in [2.75, 3.05) is 50.2 Å². The van der Waals surface area contributed by atoms with Crippen LogP contribution in [0, 0.1) is 5.92 Å². The average Bonchev–Trinajstić information content (AvgIpc) is 3.82. The SMILES string of the molecule is COc1cncc(-c2cc3cc(-c4ccc(N5CC(C(=O)Oc6c(-c7ccc(N8CC(F)(F)C8)nc7)[nH]c7cc(Cl)c(-c8cncc(OC)c8)cc67)C5)nc4)[nH]c3cc2Cl)c1. The molecule has 12 nitrogen and oxygen atoms in total. The van der Waals surface area contributed by atoms with Gasteiger partial charge in [-0.25, -0.2) is 18.7 Å². The number of pyridine rings is 4. The minimum atomic E-state index is -2.73. The maximum absolute atomic E-state index is 13.9. The first-order valence-electron chi connectivity index (χ1n) is 19.2. The van der Waals surface area contributed by atoms with Crippen LogP contribution in [0.25, 0.3) is 66.6 Å². The maximum Gasteiger partial charge on any atom is 0.318 e. The van der Waals surface area contributed by atoms with E-state index in [2.05, 4.69) is 31.0 Å². The Bertz CT molecular complexity index is 2980. The number of hydrogen-bond donors (Lipinski definition) is 2. The van der Waals surface area contributed by atoms with Gasteiger partial charge < -0.3 is 34.0 Å². The number of carbonyl (C=O) groups is 1. The second-order valence-corrected chi connectivity index (χ2v) is 15.9. The lowest BCUT2D eigenvalue weighted by molar-refractivity contribution is -0.139. The Balaban J connectivity index is 0.881. The number of esters is 1. The molecular weight excluding hydrogens is 825 g/mol. The molecule has 0 radical (unpaired) electrons. The maximum atomic E-state index is 13.9. The molecule has 0 atom stereocenters. The third-order valence-corrected chi connectivity index (χ3v) is 11.7. The van der Waals surface area contributed by atoms with Crippen LogP contribution in [0.3, 0.4) is 0 Å². The van der Waals surface area contributed by atoms with Crippen molar-refractivity contribution in [1.29, 1.82) is 0 Å². The summed E-state index contributed by atoms with van der Waals surface area (Å²) >= 11 is 13.5. The van der Waals surface area contributed by atoms with Crippen LogP contribution in [0.5, 0.6) is 17.2 Å². The number of fused-ring (bicyclic) bond motifs is 2. The summed E-state index contributed by atoms with van der Waals surface area (Å²) in [5, 5.41) is 2.62. The molecule has 0 saturated carbocycles. The molecular formula is C45H34Cl2F2N8O4. The van der Waals surface area contributed by atoms with Crippen LogP contribution in [-0.2, 0) is 4.79 Å². The van der Waals surface area contributed by atoms with Crippen molar-refractivity contribution in [3.05, 3.63) is 114 Å². The van der Waals surface area contributed by atoms with E-state index in [-0.39, 0.29) is 0 Å². The Morgan fingerprint density at radius 3 is 1.92 bits per heavy atom. The molecule has 8 aromatic rings. The Hall–Kier alpha value is -6.77. The van der Waals surface area contributed by atoms with Gasteiger partial charge in [-0.05, 0) is 66.7 Å². The Kier molecular flexibility index (Phi) is 9.48. The zero-order valence-corrected chi connectivity index (χ0v) is 34.1. The standard InChI is InChI=1S/C45H34Cl2F2N8O4/c1-59-30-7-27(14-50-18-30)32-9-26-10-37(54-38(26)12-35(32)46)24-3-5-40(52-16-24)56-20-29(21-56)44(58)61-43-34-11-33(28-8-31(60-2)19-51-15-28)36(47)13-39(34)55-42(43)25-4-6-41(53-17-25)57-22-45(48,49)23-57/h3-19,29,54-55H,20-23H2,1-2H3. The Labute approximate surface area is 357 Å². The highest BCUT2D eigenvalue weighted by atomic mass is 35.5. The molecule has 0 bridgehead atoms. The van der Waals surface area contributed by atoms with Gasteiger partial charge in [-0.2, -0.15) is 0 Å². The molecule has 2 aliphatic heterocycles. The number of halogens is 4. The fourth-order valence-corrected chi connectivity index (χ4v) is 8.28. The van der Waals surface area contributed by atoms with Gasteiger partial charge >= 0.3 is 5.97 Å². The highest BCUT2D eigenvalue weighted by Gasteiger charge is 2.44. The Morgan fingerprint density at radius 2 is 1.31 bits per heavy atom. The molecule has 2 fully saturated rings. The predicted octanol–water partition coefficient (Wildman–Crippen LogP) is 9.72. The van der Waals surface area contributed by atoms with Gasteiger partial charge in [0.05, 0.1) is 66.9 Å². The monoisotopic (exact) mass is 858 g/mol. The van der Waals surface area contributed by atoms with Crippen molar-refractivity contribution in [3.63, 3.8) is 0 Å². The molecule has 2 aromatic carbocycles. The van der Waals surface area contributed by atoms with Crippen molar-refractivity contribution < 1.29 is 27.8 Å². The summed E-state index contributed by atoms with van der Waals surface area (Å²) in [6, 6.07) is 20.6. The van der Waals surface area contributed by atoms with E-state index in [0.717, 1.165) is 39.1 Å². The van der Waals surface area contributed by atoms with Crippen LogP contribution in [0.15, 0.2) is 104 Å². The minimum Gasteiger partial charge on any atom is -0.495 e. The largest absolute Gasteiger partial charge is 0.495 e. The highest BCUT2D eigenvalue weighted by molar-refractivity contribution is 6.34. The van der Waals surface area contributed by atoms with Gasteiger partial charge in [0.1, 0.15) is 23.1 Å². The van der Waals surface area contributed by atoms with Crippen LogP contribution in [0.2, 0.25) is 10.0 Å². The van der Waals surface area contributed by atoms with Crippen LogP contribution in [0.4, 0.5) is 20.4 Å². The number of anilines is 2. The first kappa shape index (κ1) is 38.4. The van der Waals surface area contributed by atoms with Gasteiger partial charge in [0.25, 0.3) is 5.92 Å². The summed E-state index contributed by atoms with van der Waals surface area (Å²) in [6.07, 6.45) is 10.0. The topological polar surface area (TPSA) is 134 Å². The molecule has 8 heterocycles.